The molecule has 0 radical (unpaired) electrons. The normalized spacial score (nSPS) is 19.4. The van der Waals surface area contributed by atoms with Crippen LogP contribution in [0.1, 0.15) is 196 Å². The van der Waals surface area contributed by atoms with Gasteiger partial charge in [0.25, 0.3) is 0 Å². The van der Waals surface area contributed by atoms with Crippen LogP contribution in [0.25, 0.3) is 0 Å². The molecule has 366 valence electrons. The van der Waals surface area contributed by atoms with Crippen molar-refractivity contribution >= 4 is 29.8 Å². The van der Waals surface area contributed by atoms with Crippen molar-refractivity contribution < 1.29 is 57.1 Å². The van der Waals surface area contributed by atoms with Crippen molar-refractivity contribution in [2.45, 2.75) is 226 Å². The Morgan fingerprint density at radius 1 is 0.516 bits per heavy atom. The second-order valence-corrected chi connectivity index (χ2v) is 16.9. The van der Waals surface area contributed by atoms with E-state index in [0.717, 1.165) is 89.9 Å². The van der Waals surface area contributed by atoms with Crippen molar-refractivity contribution in [2.24, 2.45) is 5.92 Å². The van der Waals surface area contributed by atoms with Gasteiger partial charge in [-0.2, -0.15) is 0 Å². The van der Waals surface area contributed by atoms with Crippen LogP contribution in [0.5, 0.6) is 0 Å². The summed E-state index contributed by atoms with van der Waals surface area (Å²) in [6, 6.07) is 0. The van der Waals surface area contributed by atoms with Crippen LogP contribution >= 0.6 is 0 Å². The topological polar surface area (TPSA) is 150 Å². The minimum atomic E-state index is -1.29. The maximum absolute atomic E-state index is 13.1. The molecule has 0 aromatic heterocycles. The molecule has 0 unspecified atom stereocenters. The maximum Gasteiger partial charge on any atom is 0.306 e. The van der Waals surface area contributed by atoms with Crippen molar-refractivity contribution in [3.05, 3.63) is 48.6 Å². The summed E-state index contributed by atoms with van der Waals surface area (Å²) in [5.74, 6) is -3.22. The standard InChI is InChI=1S/C52H86O12/c1-7-9-11-13-15-17-19-21-23-25-27-29-31-33-35-37-48(56)59-39-46(63-49(57)38-36-34-32-30-28-26-24-22-20-18-16-14-12-10-8-2)40-60-52-51(62-45(6)55)50(61-44(5)54)42(3)47(64-52)41-58-43(4)53/h15-18,21-24,42,46-47,50-52H,7-14,19-20,25-41H2,1-6H3/b17-15-,18-16-,23-21-,24-22-/t42-,46+,47+,50-,51+,52+/m0/s1. The lowest BCUT2D eigenvalue weighted by Gasteiger charge is -2.44. The zero-order valence-corrected chi connectivity index (χ0v) is 40.6. The number of allylic oxidation sites excluding steroid dienone is 8. The second kappa shape index (κ2) is 39.6. The molecule has 0 aromatic carbocycles. The third-order valence-corrected chi connectivity index (χ3v) is 10.9. The molecule has 0 amide bonds. The first kappa shape index (κ1) is 58.2. The number of esters is 5. The van der Waals surface area contributed by atoms with Crippen molar-refractivity contribution in [3.63, 3.8) is 0 Å². The van der Waals surface area contributed by atoms with E-state index in [2.05, 4.69) is 62.5 Å². The Morgan fingerprint density at radius 3 is 1.45 bits per heavy atom. The Hall–Kier alpha value is -3.77. The predicted molar refractivity (Wildman–Crippen MR) is 251 cm³/mol. The zero-order chi connectivity index (χ0) is 47.0. The third kappa shape index (κ3) is 32.0. The van der Waals surface area contributed by atoms with Crippen LogP contribution in [0.3, 0.4) is 0 Å². The van der Waals surface area contributed by atoms with E-state index in [-0.39, 0.29) is 32.7 Å². The molecule has 0 aliphatic carbocycles. The molecule has 6 atom stereocenters. The van der Waals surface area contributed by atoms with Gasteiger partial charge in [0.1, 0.15) is 25.4 Å². The van der Waals surface area contributed by atoms with Gasteiger partial charge in [-0.3, -0.25) is 24.0 Å². The molecule has 12 nitrogen and oxygen atoms in total. The largest absolute Gasteiger partial charge is 0.463 e. The molecule has 0 bridgehead atoms. The SMILES string of the molecule is CCCCC/C=C\C/C=C\CCCCCCCC(=O)OC[C@H](CO[C@@H]1O[C@H](COC(C)=O)[C@H](C)[C@H](OC(C)=O)[C@H]1OC(C)=O)OC(=O)CCCCCCC/C=C\C/C=C\CCCCC. The lowest BCUT2D eigenvalue weighted by atomic mass is 9.90. The lowest BCUT2D eigenvalue weighted by Crippen LogP contribution is -2.58. The third-order valence-electron chi connectivity index (χ3n) is 10.9. The number of hydrogen-bond donors (Lipinski definition) is 0. The highest BCUT2D eigenvalue weighted by Crippen LogP contribution is 2.32. The van der Waals surface area contributed by atoms with Gasteiger partial charge in [-0.25, -0.2) is 0 Å². The van der Waals surface area contributed by atoms with E-state index in [4.69, 9.17) is 33.2 Å². The fourth-order valence-corrected chi connectivity index (χ4v) is 7.23. The Balaban J connectivity index is 2.73. The van der Waals surface area contributed by atoms with Gasteiger partial charge in [-0.15, -0.1) is 0 Å². The average molecular weight is 903 g/mol. The predicted octanol–water partition coefficient (Wildman–Crippen LogP) is 11.9. The molecule has 1 aliphatic rings. The highest BCUT2D eigenvalue weighted by atomic mass is 16.7. The van der Waals surface area contributed by atoms with Crippen LogP contribution in [-0.2, 0) is 57.1 Å². The minimum absolute atomic E-state index is 0.168. The molecule has 0 aromatic rings. The summed E-state index contributed by atoms with van der Waals surface area (Å²) < 4.78 is 39.9. The van der Waals surface area contributed by atoms with E-state index in [0.29, 0.717) is 12.8 Å². The quantitative estimate of drug-likeness (QED) is 0.0251. The summed E-state index contributed by atoms with van der Waals surface area (Å²) in [5.41, 5.74) is 0. The monoisotopic (exact) mass is 903 g/mol. The van der Waals surface area contributed by atoms with Crippen LogP contribution in [-0.4, -0.2) is 80.4 Å². The summed E-state index contributed by atoms with van der Waals surface area (Å²) in [4.78, 5) is 61.9. The Morgan fingerprint density at radius 2 is 0.969 bits per heavy atom. The lowest BCUT2D eigenvalue weighted by molar-refractivity contribution is -0.299. The number of carbonyl (C=O) groups is 5. The first-order valence-corrected chi connectivity index (χ1v) is 24.7. The van der Waals surface area contributed by atoms with E-state index >= 15 is 0 Å². The van der Waals surface area contributed by atoms with Crippen molar-refractivity contribution in [3.8, 4) is 0 Å². The molecule has 0 N–H and O–H groups in total. The number of hydrogen-bond acceptors (Lipinski definition) is 12. The second-order valence-electron chi connectivity index (χ2n) is 16.9. The van der Waals surface area contributed by atoms with Gasteiger partial charge in [-0.1, -0.05) is 134 Å². The Kier molecular flexibility index (Phi) is 36.0. The van der Waals surface area contributed by atoms with Crippen LogP contribution in [0.4, 0.5) is 0 Å². The van der Waals surface area contributed by atoms with Gasteiger partial charge < -0.3 is 33.2 Å². The summed E-state index contributed by atoms with van der Waals surface area (Å²) in [5, 5.41) is 0. The van der Waals surface area contributed by atoms with Crippen molar-refractivity contribution in [2.75, 3.05) is 19.8 Å². The average Bonchev–Trinajstić information content (AvgIpc) is 3.25. The number of unbranched alkanes of at least 4 members (excludes halogenated alkanes) is 16. The van der Waals surface area contributed by atoms with Gasteiger partial charge in [-0.05, 0) is 77.0 Å². The highest BCUT2D eigenvalue weighted by molar-refractivity contribution is 5.70. The molecule has 0 saturated carbocycles. The Labute approximate surface area is 386 Å². The molecular weight excluding hydrogens is 817 g/mol. The molecule has 1 heterocycles. The van der Waals surface area contributed by atoms with E-state index in [1.165, 1.54) is 59.3 Å². The van der Waals surface area contributed by atoms with Gasteiger partial charge in [0.15, 0.2) is 18.5 Å². The summed E-state index contributed by atoms with van der Waals surface area (Å²) >= 11 is 0. The van der Waals surface area contributed by atoms with Gasteiger partial charge in [0.2, 0.25) is 0 Å². The fraction of sp³-hybridized carbons (Fsp3) is 0.750. The van der Waals surface area contributed by atoms with Gasteiger partial charge >= 0.3 is 29.8 Å². The Bertz CT molecular complexity index is 1370. The fourth-order valence-electron chi connectivity index (χ4n) is 7.23. The first-order valence-electron chi connectivity index (χ1n) is 24.7. The van der Waals surface area contributed by atoms with Crippen LogP contribution < -0.4 is 0 Å². The molecule has 1 rings (SSSR count). The molecule has 1 fully saturated rings. The smallest absolute Gasteiger partial charge is 0.306 e. The number of ether oxygens (including phenoxy) is 7. The number of carbonyl (C=O) groups excluding carboxylic acids is 5. The van der Waals surface area contributed by atoms with E-state index in [1.807, 2.05) is 0 Å². The molecular formula is C52H86O12. The molecule has 64 heavy (non-hydrogen) atoms. The molecule has 1 aliphatic heterocycles. The zero-order valence-electron chi connectivity index (χ0n) is 40.6. The number of rotatable bonds is 38. The minimum Gasteiger partial charge on any atom is -0.463 e. The van der Waals surface area contributed by atoms with Crippen LogP contribution in [0.15, 0.2) is 48.6 Å². The highest BCUT2D eigenvalue weighted by Gasteiger charge is 2.49. The van der Waals surface area contributed by atoms with Crippen LogP contribution in [0.2, 0.25) is 0 Å². The van der Waals surface area contributed by atoms with E-state index < -0.39 is 66.5 Å². The maximum atomic E-state index is 13.1. The molecule has 1 saturated heterocycles. The van der Waals surface area contributed by atoms with E-state index in [9.17, 15) is 24.0 Å². The van der Waals surface area contributed by atoms with E-state index in [1.54, 1.807) is 6.92 Å². The summed E-state index contributed by atoms with van der Waals surface area (Å²) in [6.07, 6.45) is 36.5. The van der Waals surface area contributed by atoms with Gasteiger partial charge in [0.05, 0.1) is 6.61 Å². The first-order chi connectivity index (χ1) is 31.0. The summed E-state index contributed by atoms with van der Waals surface area (Å²) in [7, 11) is 0. The molecule has 12 heteroatoms. The van der Waals surface area contributed by atoms with Crippen molar-refractivity contribution in [1.29, 1.82) is 0 Å². The van der Waals surface area contributed by atoms with Crippen molar-refractivity contribution in [1.82, 2.24) is 0 Å². The van der Waals surface area contributed by atoms with Gasteiger partial charge in [0, 0.05) is 39.5 Å². The summed E-state index contributed by atoms with van der Waals surface area (Å²) in [6.45, 7) is 9.16. The van der Waals surface area contributed by atoms with Crippen LogP contribution in [0, 0.1) is 5.92 Å². The molecule has 0 spiro atoms.